The van der Waals surface area contributed by atoms with Crippen molar-refractivity contribution in [2.45, 2.75) is 39.3 Å². The number of hydrogen-bond donors (Lipinski definition) is 2. The second-order valence-electron chi connectivity index (χ2n) is 4.65. The number of aliphatic hydroxyl groups is 1. The van der Waals surface area contributed by atoms with Gasteiger partial charge >= 0.3 is 0 Å². The van der Waals surface area contributed by atoms with Gasteiger partial charge in [0.05, 0.1) is 19.8 Å². The van der Waals surface area contributed by atoms with Crippen molar-refractivity contribution >= 4 is 0 Å². The van der Waals surface area contributed by atoms with Crippen LogP contribution >= 0.6 is 0 Å². The van der Waals surface area contributed by atoms with Gasteiger partial charge in [-0.05, 0) is 37.6 Å². The molecular formula is C15H25NO3. The number of hydrogen-bond acceptors (Lipinski definition) is 4. The van der Waals surface area contributed by atoms with Crippen LogP contribution in [0, 0.1) is 0 Å². The second-order valence-corrected chi connectivity index (χ2v) is 4.65. The molecule has 0 aliphatic heterocycles. The molecule has 2 N–H and O–H groups in total. The quantitative estimate of drug-likeness (QED) is 0.674. The zero-order valence-electron chi connectivity index (χ0n) is 12.1. The minimum Gasteiger partial charge on any atom is -0.493 e. The fourth-order valence-electron chi connectivity index (χ4n) is 1.69. The minimum atomic E-state index is -0.347. The van der Waals surface area contributed by atoms with Crippen molar-refractivity contribution in [1.82, 2.24) is 5.32 Å². The summed E-state index contributed by atoms with van der Waals surface area (Å²) in [5, 5.41) is 12.6. The first-order valence-corrected chi connectivity index (χ1v) is 6.85. The Kier molecular flexibility index (Phi) is 7.30. The van der Waals surface area contributed by atoms with Gasteiger partial charge in [0, 0.05) is 13.0 Å². The van der Waals surface area contributed by atoms with Gasteiger partial charge in [0.2, 0.25) is 0 Å². The lowest BCUT2D eigenvalue weighted by Crippen LogP contribution is -2.14. The van der Waals surface area contributed by atoms with E-state index in [2.05, 4.69) is 12.2 Å². The Morgan fingerprint density at radius 1 is 1.32 bits per heavy atom. The highest BCUT2D eigenvalue weighted by atomic mass is 16.5. The molecule has 0 fully saturated rings. The molecule has 19 heavy (non-hydrogen) atoms. The highest BCUT2D eigenvalue weighted by molar-refractivity contribution is 5.42. The van der Waals surface area contributed by atoms with Gasteiger partial charge in [-0.25, -0.2) is 0 Å². The SMILES string of the molecule is CCCNCc1ccc(OC)c(OCCC(C)O)c1. The van der Waals surface area contributed by atoms with E-state index in [1.807, 2.05) is 18.2 Å². The van der Waals surface area contributed by atoms with Gasteiger partial charge in [-0.3, -0.25) is 0 Å². The predicted octanol–water partition coefficient (Wildman–Crippen LogP) is 2.34. The fraction of sp³-hybridized carbons (Fsp3) is 0.600. The molecule has 0 bridgehead atoms. The van der Waals surface area contributed by atoms with Crippen LogP contribution in [0.1, 0.15) is 32.3 Å². The number of ether oxygens (including phenoxy) is 2. The Labute approximate surface area is 115 Å². The summed E-state index contributed by atoms with van der Waals surface area (Å²) in [5.74, 6) is 1.46. The van der Waals surface area contributed by atoms with Gasteiger partial charge in [-0.15, -0.1) is 0 Å². The Morgan fingerprint density at radius 2 is 2.11 bits per heavy atom. The average Bonchev–Trinajstić information content (AvgIpc) is 2.39. The first kappa shape index (κ1) is 15.8. The van der Waals surface area contributed by atoms with Crippen molar-refractivity contribution in [2.24, 2.45) is 0 Å². The smallest absolute Gasteiger partial charge is 0.161 e. The molecule has 0 heterocycles. The van der Waals surface area contributed by atoms with Crippen LogP contribution in [0.3, 0.4) is 0 Å². The van der Waals surface area contributed by atoms with Gasteiger partial charge in [0.15, 0.2) is 11.5 Å². The molecule has 108 valence electrons. The summed E-state index contributed by atoms with van der Waals surface area (Å²) in [7, 11) is 1.63. The highest BCUT2D eigenvalue weighted by Crippen LogP contribution is 2.28. The van der Waals surface area contributed by atoms with Gasteiger partial charge in [0.25, 0.3) is 0 Å². The van der Waals surface area contributed by atoms with Crippen LogP contribution in [0.2, 0.25) is 0 Å². The maximum absolute atomic E-state index is 9.23. The molecular weight excluding hydrogens is 242 g/mol. The lowest BCUT2D eigenvalue weighted by atomic mass is 10.2. The molecule has 1 aromatic rings. The standard InChI is InChI=1S/C15H25NO3/c1-4-8-16-11-13-5-6-14(18-3)15(10-13)19-9-7-12(2)17/h5-6,10,12,16-17H,4,7-9,11H2,1-3H3. The normalized spacial score (nSPS) is 12.2. The number of methoxy groups -OCH3 is 1. The van der Waals surface area contributed by atoms with Crippen molar-refractivity contribution in [1.29, 1.82) is 0 Å². The van der Waals surface area contributed by atoms with E-state index in [4.69, 9.17) is 9.47 Å². The van der Waals surface area contributed by atoms with Gasteiger partial charge in [-0.1, -0.05) is 13.0 Å². The third-order valence-corrected chi connectivity index (χ3v) is 2.78. The largest absolute Gasteiger partial charge is 0.493 e. The number of aliphatic hydroxyl groups excluding tert-OH is 1. The minimum absolute atomic E-state index is 0.347. The lowest BCUT2D eigenvalue weighted by molar-refractivity contribution is 0.154. The highest BCUT2D eigenvalue weighted by Gasteiger charge is 2.06. The molecule has 0 saturated heterocycles. The first-order chi connectivity index (χ1) is 9.17. The van der Waals surface area contributed by atoms with E-state index in [0.29, 0.717) is 13.0 Å². The Balaban J connectivity index is 2.61. The van der Waals surface area contributed by atoms with Crippen LogP contribution in [0.25, 0.3) is 0 Å². The summed E-state index contributed by atoms with van der Waals surface area (Å²) in [6, 6.07) is 5.94. The zero-order valence-corrected chi connectivity index (χ0v) is 12.1. The van der Waals surface area contributed by atoms with E-state index in [-0.39, 0.29) is 6.10 Å². The molecule has 1 unspecified atom stereocenters. The summed E-state index contributed by atoms with van der Waals surface area (Å²) < 4.78 is 10.9. The van der Waals surface area contributed by atoms with E-state index >= 15 is 0 Å². The van der Waals surface area contributed by atoms with Crippen LogP contribution in [0.15, 0.2) is 18.2 Å². The predicted molar refractivity (Wildman–Crippen MR) is 76.8 cm³/mol. The monoisotopic (exact) mass is 267 g/mol. The Hall–Kier alpha value is -1.26. The van der Waals surface area contributed by atoms with Crippen LogP contribution in [0.5, 0.6) is 11.5 Å². The van der Waals surface area contributed by atoms with Crippen molar-refractivity contribution in [3.05, 3.63) is 23.8 Å². The molecule has 4 nitrogen and oxygen atoms in total. The van der Waals surface area contributed by atoms with Gasteiger partial charge in [0.1, 0.15) is 0 Å². The van der Waals surface area contributed by atoms with Crippen LogP contribution in [-0.4, -0.2) is 31.5 Å². The number of benzene rings is 1. The summed E-state index contributed by atoms with van der Waals surface area (Å²) in [6.07, 6.45) is 1.38. The fourth-order valence-corrected chi connectivity index (χ4v) is 1.69. The maximum atomic E-state index is 9.23. The van der Waals surface area contributed by atoms with E-state index in [9.17, 15) is 5.11 Å². The molecule has 0 spiro atoms. The molecule has 1 atom stereocenters. The topological polar surface area (TPSA) is 50.7 Å². The maximum Gasteiger partial charge on any atom is 0.161 e. The van der Waals surface area contributed by atoms with Crippen LogP contribution in [-0.2, 0) is 6.54 Å². The molecule has 1 rings (SSSR count). The summed E-state index contributed by atoms with van der Waals surface area (Å²) >= 11 is 0. The van der Waals surface area contributed by atoms with Crippen molar-refractivity contribution in [3.63, 3.8) is 0 Å². The zero-order chi connectivity index (χ0) is 14.1. The lowest BCUT2D eigenvalue weighted by Gasteiger charge is -2.13. The van der Waals surface area contributed by atoms with Crippen molar-refractivity contribution in [2.75, 3.05) is 20.3 Å². The summed E-state index contributed by atoms with van der Waals surface area (Å²) in [4.78, 5) is 0. The molecule has 0 aliphatic rings. The van der Waals surface area contributed by atoms with E-state index in [1.165, 1.54) is 5.56 Å². The van der Waals surface area contributed by atoms with Crippen molar-refractivity contribution in [3.8, 4) is 11.5 Å². The average molecular weight is 267 g/mol. The summed E-state index contributed by atoms with van der Waals surface area (Å²) in [5.41, 5.74) is 1.17. The molecule has 0 amide bonds. The summed E-state index contributed by atoms with van der Waals surface area (Å²) in [6.45, 7) is 6.21. The van der Waals surface area contributed by atoms with Crippen LogP contribution < -0.4 is 14.8 Å². The van der Waals surface area contributed by atoms with Crippen molar-refractivity contribution < 1.29 is 14.6 Å². The van der Waals surface area contributed by atoms with Crippen LogP contribution in [0.4, 0.5) is 0 Å². The third-order valence-electron chi connectivity index (χ3n) is 2.78. The number of rotatable bonds is 9. The molecule has 1 aromatic carbocycles. The van der Waals surface area contributed by atoms with E-state index < -0.39 is 0 Å². The molecule has 4 heteroatoms. The first-order valence-electron chi connectivity index (χ1n) is 6.85. The van der Waals surface area contributed by atoms with E-state index in [0.717, 1.165) is 31.0 Å². The van der Waals surface area contributed by atoms with Gasteiger partial charge < -0.3 is 19.9 Å². The third kappa shape index (κ3) is 5.94. The number of nitrogens with one attached hydrogen (secondary N) is 1. The second kappa shape index (κ2) is 8.77. The van der Waals surface area contributed by atoms with Gasteiger partial charge in [-0.2, -0.15) is 0 Å². The molecule has 0 radical (unpaired) electrons. The Bertz CT molecular complexity index is 366. The van der Waals surface area contributed by atoms with E-state index in [1.54, 1.807) is 14.0 Å². The molecule has 0 saturated carbocycles. The molecule has 0 aromatic heterocycles. The molecule has 0 aliphatic carbocycles. The Morgan fingerprint density at radius 3 is 2.74 bits per heavy atom.